The van der Waals surface area contributed by atoms with Gasteiger partial charge in [0.1, 0.15) is 5.75 Å². The SMILES string of the molecule is CCCCN(C)CC(=O)NCc1ccccc1OC(F)(F)F. The molecule has 0 fully saturated rings. The lowest BCUT2D eigenvalue weighted by Gasteiger charge is -2.17. The highest BCUT2D eigenvalue weighted by atomic mass is 19.4. The minimum absolute atomic E-state index is 0.00724. The number of nitrogens with one attached hydrogen (secondary N) is 1. The van der Waals surface area contributed by atoms with Crippen molar-refractivity contribution in [3.8, 4) is 5.75 Å². The third kappa shape index (κ3) is 7.31. The summed E-state index contributed by atoms with van der Waals surface area (Å²) in [7, 11) is 1.83. The van der Waals surface area contributed by atoms with Gasteiger partial charge in [0, 0.05) is 12.1 Å². The van der Waals surface area contributed by atoms with Crippen molar-refractivity contribution in [3.05, 3.63) is 29.8 Å². The Balaban J connectivity index is 2.52. The van der Waals surface area contributed by atoms with Crippen LogP contribution in [0.5, 0.6) is 5.75 Å². The van der Waals surface area contributed by atoms with Gasteiger partial charge in [0.05, 0.1) is 6.54 Å². The summed E-state index contributed by atoms with van der Waals surface area (Å²) in [5, 5.41) is 2.60. The number of hydrogen-bond acceptors (Lipinski definition) is 3. The fourth-order valence-electron chi connectivity index (χ4n) is 1.88. The highest BCUT2D eigenvalue weighted by molar-refractivity contribution is 5.78. The molecular weight excluding hydrogens is 297 g/mol. The van der Waals surface area contributed by atoms with Crippen molar-refractivity contribution < 1.29 is 22.7 Å². The number of rotatable bonds is 8. The van der Waals surface area contributed by atoms with Crippen molar-refractivity contribution in [3.63, 3.8) is 0 Å². The Kier molecular flexibility index (Phi) is 7.17. The van der Waals surface area contributed by atoms with Crippen molar-refractivity contribution >= 4 is 5.91 Å². The van der Waals surface area contributed by atoms with Crippen LogP contribution in [-0.2, 0) is 11.3 Å². The monoisotopic (exact) mass is 318 g/mol. The maximum absolute atomic E-state index is 12.3. The Morgan fingerprint density at radius 2 is 2.00 bits per heavy atom. The topological polar surface area (TPSA) is 41.6 Å². The molecule has 0 aliphatic rings. The van der Waals surface area contributed by atoms with Crippen LogP contribution in [0.1, 0.15) is 25.3 Å². The molecule has 0 radical (unpaired) electrons. The van der Waals surface area contributed by atoms with E-state index in [0.717, 1.165) is 19.4 Å². The van der Waals surface area contributed by atoms with Crippen LogP contribution in [0.15, 0.2) is 24.3 Å². The summed E-state index contributed by atoms with van der Waals surface area (Å²) in [5.74, 6) is -0.532. The number of benzene rings is 1. The van der Waals surface area contributed by atoms with Crippen LogP contribution in [-0.4, -0.2) is 37.3 Å². The standard InChI is InChI=1S/C15H21F3N2O2/c1-3-4-9-20(2)11-14(21)19-10-12-7-5-6-8-13(12)22-15(16,17)18/h5-8H,3-4,9-11H2,1-2H3,(H,19,21). The predicted molar refractivity (Wildman–Crippen MR) is 77.4 cm³/mol. The number of nitrogens with zero attached hydrogens (tertiary/aromatic N) is 1. The van der Waals surface area contributed by atoms with Crippen LogP contribution >= 0.6 is 0 Å². The van der Waals surface area contributed by atoms with E-state index in [0.29, 0.717) is 0 Å². The number of carbonyl (C=O) groups excluding carboxylic acids is 1. The van der Waals surface area contributed by atoms with Gasteiger partial charge in [-0.25, -0.2) is 0 Å². The summed E-state index contributed by atoms with van der Waals surface area (Å²) in [5.41, 5.74) is 0.282. The van der Waals surface area contributed by atoms with E-state index >= 15 is 0 Å². The average molecular weight is 318 g/mol. The van der Waals surface area contributed by atoms with Crippen molar-refractivity contribution in [1.82, 2.24) is 10.2 Å². The number of alkyl halides is 3. The van der Waals surface area contributed by atoms with E-state index in [-0.39, 0.29) is 30.3 Å². The van der Waals surface area contributed by atoms with E-state index in [2.05, 4.69) is 17.0 Å². The van der Waals surface area contributed by atoms with Crippen molar-refractivity contribution in [2.75, 3.05) is 20.1 Å². The molecule has 0 aliphatic heterocycles. The molecule has 1 aromatic rings. The zero-order valence-electron chi connectivity index (χ0n) is 12.7. The first-order chi connectivity index (χ1) is 10.3. The second kappa shape index (κ2) is 8.63. The number of unbranched alkanes of at least 4 members (excludes halogenated alkanes) is 1. The molecular formula is C15H21F3N2O2. The molecule has 22 heavy (non-hydrogen) atoms. The lowest BCUT2D eigenvalue weighted by Crippen LogP contribution is -2.35. The van der Waals surface area contributed by atoms with Gasteiger partial charge < -0.3 is 10.1 Å². The Labute approximate surface area is 128 Å². The summed E-state index contributed by atoms with van der Waals surface area (Å²) < 4.78 is 40.8. The molecule has 0 bridgehead atoms. The molecule has 0 saturated carbocycles. The summed E-state index contributed by atoms with van der Waals surface area (Å²) >= 11 is 0. The molecule has 0 saturated heterocycles. The molecule has 1 rings (SSSR count). The molecule has 1 amide bonds. The highest BCUT2D eigenvalue weighted by Crippen LogP contribution is 2.25. The van der Waals surface area contributed by atoms with E-state index in [1.807, 2.05) is 11.9 Å². The quantitative estimate of drug-likeness (QED) is 0.801. The van der Waals surface area contributed by atoms with Gasteiger partial charge in [0.2, 0.25) is 5.91 Å². The molecule has 0 atom stereocenters. The van der Waals surface area contributed by atoms with Gasteiger partial charge in [-0.15, -0.1) is 13.2 Å². The molecule has 7 heteroatoms. The number of ether oxygens (including phenoxy) is 1. The van der Waals surface area contributed by atoms with Crippen LogP contribution in [0.4, 0.5) is 13.2 Å². The molecule has 0 aliphatic carbocycles. The smallest absolute Gasteiger partial charge is 0.405 e. The molecule has 0 aromatic heterocycles. The average Bonchev–Trinajstić information content (AvgIpc) is 2.42. The predicted octanol–water partition coefficient (Wildman–Crippen LogP) is 2.93. The number of halogens is 3. The minimum Gasteiger partial charge on any atom is -0.405 e. The maximum atomic E-state index is 12.3. The number of hydrogen-bond donors (Lipinski definition) is 1. The summed E-state index contributed by atoms with van der Waals surface area (Å²) in [6.07, 6.45) is -2.72. The minimum atomic E-state index is -4.75. The molecule has 1 aromatic carbocycles. The highest BCUT2D eigenvalue weighted by Gasteiger charge is 2.31. The Morgan fingerprint density at radius 1 is 1.32 bits per heavy atom. The van der Waals surface area contributed by atoms with Crippen molar-refractivity contribution in [2.45, 2.75) is 32.7 Å². The summed E-state index contributed by atoms with van der Waals surface area (Å²) in [6.45, 7) is 3.07. The first kappa shape index (κ1) is 18.3. The Morgan fingerprint density at radius 3 is 2.64 bits per heavy atom. The second-order valence-electron chi connectivity index (χ2n) is 5.02. The van der Waals surface area contributed by atoms with Gasteiger partial charge in [0.15, 0.2) is 0 Å². The first-order valence-electron chi connectivity index (χ1n) is 7.10. The lowest BCUT2D eigenvalue weighted by molar-refractivity contribution is -0.274. The number of carbonyl (C=O) groups is 1. The van der Waals surface area contributed by atoms with Gasteiger partial charge in [-0.05, 0) is 26.1 Å². The van der Waals surface area contributed by atoms with Gasteiger partial charge >= 0.3 is 6.36 Å². The largest absolute Gasteiger partial charge is 0.573 e. The Hall–Kier alpha value is -1.76. The zero-order chi connectivity index (χ0) is 16.6. The first-order valence-corrected chi connectivity index (χ1v) is 7.10. The van der Waals surface area contributed by atoms with Crippen LogP contribution in [0.2, 0.25) is 0 Å². The Bertz CT molecular complexity index is 478. The van der Waals surface area contributed by atoms with Crippen molar-refractivity contribution in [1.29, 1.82) is 0 Å². The molecule has 0 unspecified atom stereocenters. The fraction of sp³-hybridized carbons (Fsp3) is 0.533. The second-order valence-corrected chi connectivity index (χ2v) is 5.02. The third-order valence-electron chi connectivity index (χ3n) is 2.98. The van der Waals surface area contributed by atoms with E-state index in [1.165, 1.54) is 18.2 Å². The molecule has 124 valence electrons. The van der Waals surface area contributed by atoms with E-state index in [4.69, 9.17) is 0 Å². The fourth-order valence-corrected chi connectivity index (χ4v) is 1.88. The normalized spacial score (nSPS) is 11.5. The van der Waals surface area contributed by atoms with Crippen LogP contribution in [0.25, 0.3) is 0 Å². The molecule has 0 spiro atoms. The summed E-state index contributed by atoms with van der Waals surface area (Å²) in [4.78, 5) is 13.6. The van der Waals surface area contributed by atoms with E-state index in [9.17, 15) is 18.0 Å². The van der Waals surface area contributed by atoms with Crippen LogP contribution in [0.3, 0.4) is 0 Å². The van der Waals surface area contributed by atoms with Gasteiger partial charge in [-0.3, -0.25) is 9.69 Å². The van der Waals surface area contributed by atoms with E-state index < -0.39 is 6.36 Å². The van der Waals surface area contributed by atoms with Gasteiger partial charge in [0.25, 0.3) is 0 Å². The molecule has 4 nitrogen and oxygen atoms in total. The lowest BCUT2D eigenvalue weighted by atomic mass is 10.2. The van der Waals surface area contributed by atoms with E-state index in [1.54, 1.807) is 6.07 Å². The zero-order valence-corrected chi connectivity index (χ0v) is 12.7. The van der Waals surface area contributed by atoms with Crippen molar-refractivity contribution in [2.24, 2.45) is 0 Å². The van der Waals surface area contributed by atoms with Gasteiger partial charge in [-0.1, -0.05) is 31.5 Å². The number of likely N-dealkylation sites (N-methyl/N-ethyl adjacent to an activating group) is 1. The number of para-hydroxylation sites is 1. The van der Waals surface area contributed by atoms with Crippen LogP contribution < -0.4 is 10.1 Å². The molecule has 0 heterocycles. The maximum Gasteiger partial charge on any atom is 0.573 e. The molecule has 1 N–H and O–H groups in total. The number of amides is 1. The summed E-state index contributed by atoms with van der Waals surface area (Å²) in [6, 6.07) is 5.76. The van der Waals surface area contributed by atoms with Crippen LogP contribution in [0, 0.1) is 0 Å². The van der Waals surface area contributed by atoms with Gasteiger partial charge in [-0.2, -0.15) is 0 Å². The third-order valence-corrected chi connectivity index (χ3v) is 2.98.